The second-order valence-corrected chi connectivity index (χ2v) is 6.26. The number of nitrogens with one attached hydrogen (secondary N) is 1. The van der Waals surface area contributed by atoms with Crippen LogP contribution in [0.1, 0.15) is 26.7 Å². The average Bonchev–Trinajstić information content (AvgIpc) is 2.26. The Bertz CT molecular complexity index is 305. The fraction of sp³-hybridized carbons (Fsp3) is 1.00. The Morgan fingerprint density at radius 1 is 1.56 bits per heavy atom. The van der Waals surface area contributed by atoms with Gasteiger partial charge < -0.3 is 4.74 Å². The minimum Gasteiger partial charge on any atom is -0.380 e. The van der Waals surface area contributed by atoms with E-state index in [4.69, 9.17) is 4.74 Å². The van der Waals surface area contributed by atoms with Crippen LogP contribution in [0.5, 0.6) is 0 Å². The number of rotatable bonds is 5. The Morgan fingerprint density at radius 3 is 2.81 bits per heavy atom. The molecule has 96 valence electrons. The summed E-state index contributed by atoms with van der Waals surface area (Å²) in [5, 5.41) is 0. The molecule has 0 radical (unpaired) electrons. The van der Waals surface area contributed by atoms with Crippen molar-refractivity contribution in [1.82, 2.24) is 9.03 Å². The standard InChI is InChI=1S/C10H22N2O3S/c1-9-5-4-6-12(8-9)16(13,14)11-7-10(2)15-3/h9-11H,4-8H2,1-3H3. The van der Waals surface area contributed by atoms with Crippen LogP contribution in [0.4, 0.5) is 0 Å². The zero-order valence-electron chi connectivity index (χ0n) is 10.3. The molecule has 1 rings (SSSR count). The molecule has 1 saturated heterocycles. The second kappa shape index (κ2) is 5.95. The molecule has 0 aromatic carbocycles. The van der Waals surface area contributed by atoms with Crippen LogP contribution in [0.3, 0.4) is 0 Å². The molecule has 1 heterocycles. The first-order valence-corrected chi connectivity index (χ1v) is 7.17. The number of hydrogen-bond acceptors (Lipinski definition) is 3. The van der Waals surface area contributed by atoms with Gasteiger partial charge in [0.1, 0.15) is 0 Å². The van der Waals surface area contributed by atoms with Crippen molar-refractivity contribution in [2.24, 2.45) is 5.92 Å². The predicted molar refractivity (Wildman–Crippen MR) is 63.4 cm³/mol. The first-order valence-electron chi connectivity index (χ1n) is 5.73. The highest BCUT2D eigenvalue weighted by Gasteiger charge is 2.26. The normalized spacial score (nSPS) is 25.6. The van der Waals surface area contributed by atoms with Gasteiger partial charge in [-0.05, 0) is 25.7 Å². The van der Waals surface area contributed by atoms with Crippen molar-refractivity contribution < 1.29 is 13.2 Å². The van der Waals surface area contributed by atoms with E-state index < -0.39 is 10.2 Å². The van der Waals surface area contributed by atoms with Gasteiger partial charge in [-0.2, -0.15) is 17.4 Å². The summed E-state index contributed by atoms with van der Waals surface area (Å²) in [4.78, 5) is 0. The molecule has 2 unspecified atom stereocenters. The lowest BCUT2D eigenvalue weighted by Crippen LogP contribution is -2.47. The molecule has 0 aromatic rings. The molecule has 0 aliphatic carbocycles. The third-order valence-electron chi connectivity index (χ3n) is 2.92. The van der Waals surface area contributed by atoms with Crippen LogP contribution in [-0.2, 0) is 14.9 Å². The number of methoxy groups -OCH3 is 1. The fourth-order valence-corrected chi connectivity index (χ4v) is 3.21. The molecule has 1 aliphatic heterocycles. The molecule has 0 aromatic heterocycles. The Morgan fingerprint density at radius 2 is 2.25 bits per heavy atom. The molecule has 5 nitrogen and oxygen atoms in total. The molecule has 0 amide bonds. The number of hydrogen-bond donors (Lipinski definition) is 1. The van der Waals surface area contributed by atoms with E-state index in [1.54, 1.807) is 7.11 Å². The van der Waals surface area contributed by atoms with Gasteiger partial charge in [-0.1, -0.05) is 6.92 Å². The molecule has 1 fully saturated rings. The summed E-state index contributed by atoms with van der Waals surface area (Å²) in [7, 11) is -1.75. The van der Waals surface area contributed by atoms with Crippen LogP contribution in [-0.4, -0.2) is 45.6 Å². The molecule has 1 N–H and O–H groups in total. The molecule has 0 spiro atoms. The summed E-state index contributed by atoms with van der Waals surface area (Å²) in [6.45, 7) is 5.49. The third kappa shape index (κ3) is 4.01. The van der Waals surface area contributed by atoms with E-state index in [9.17, 15) is 8.42 Å². The minimum absolute atomic E-state index is 0.100. The highest BCUT2D eigenvalue weighted by Crippen LogP contribution is 2.17. The summed E-state index contributed by atoms with van der Waals surface area (Å²) >= 11 is 0. The number of ether oxygens (including phenoxy) is 1. The van der Waals surface area contributed by atoms with Gasteiger partial charge >= 0.3 is 0 Å². The summed E-state index contributed by atoms with van der Waals surface area (Å²) in [5.74, 6) is 0.449. The molecule has 0 saturated carbocycles. The number of piperidine rings is 1. The molecule has 6 heteroatoms. The Balaban J connectivity index is 2.49. The molecule has 16 heavy (non-hydrogen) atoms. The lowest BCUT2D eigenvalue weighted by atomic mass is 10.0. The predicted octanol–water partition coefficient (Wildman–Crippen LogP) is 0.588. The van der Waals surface area contributed by atoms with Gasteiger partial charge in [-0.3, -0.25) is 0 Å². The van der Waals surface area contributed by atoms with E-state index in [2.05, 4.69) is 11.6 Å². The van der Waals surface area contributed by atoms with Crippen LogP contribution in [0.25, 0.3) is 0 Å². The lowest BCUT2D eigenvalue weighted by Gasteiger charge is -2.30. The van der Waals surface area contributed by atoms with E-state index in [0.717, 1.165) is 12.8 Å². The van der Waals surface area contributed by atoms with Crippen LogP contribution >= 0.6 is 0 Å². The van der Waals surface area contributed by atoms with Gasteiger partial charge in [0.05, 0.1) is 6.10 Å². The summed E-state index contributed by atoms with van der Waals surface area (Å²) in [5.41, 5.74) is 0. The van der Waals surface area contributed by atoms with Gasteiger partial charge in [-0.15, -0.1) is 0 Å². The second-order valence-electron chi connectivity index (χ2n) is 4.51. The Labute approximate surface area is 98.3 Å². The van der Waals surface area contributed by atoms with Crippen molar-refractivity contribution in [3.05, 3.63) is 0 Å². The smallest absolute Gasteiger partial charge is 0.279 e. The monoisotopic (exact) mass is 250 g/mol. The van der Waals surface area contributed by atoms with Crippen molar-refractivity contribution >= 4 is 10.2 Å². The highest BCUT2D eigenvalue weighted by molar-refractivity contribution is 7.87. The van der Waals surface area contributed by atoms with Gasteiger partial charge in [0, 0.05) is 26.7 Å². The maximum absolute atomic E-state index is 11.9. The van der Waals surface area contributed by atoms with E-state index in [1.165, 1.54) is 4.31 Å². The van der Waals surface area contributed by atoms with Crippen molar-refractivity contribution in [3.63, 3.8) is 0 Å². The SMILES string of the molecule is COC(C)CNS(=O)(=O)N1CCCC(C)C1. The molecule has 1 aliphatic rings. The van der Waals surface area contributed by atoms with Crippen LogP contribution in [0.15, 0.2) is 0 Å². The van der Waals surface area contributed by atoms with E-state index in [0.29, 0.717) is 25.6 Å². The van der Waals surface area contributed by atoms with Crippen molar-refractivity contribution in [1.29, 1.82) is 0 Å². The van der Waals surface area contributed by atoms with E-state index in [1.807, 2.05) is 6.92 Å². The van der Waals surface area contributed by atoms with Crippen LogP contribution < -0.4 is 4.72 Å². The van der Waals surface area contributed by atoms with Crippen molar-refractivity contribution in [3.8, 4) is 0 Å². The Hall–Kier alpha value is -0.170. The largest absolute Gasteiger partial charge is 0.380 e. The fourth-order valence-electron chi connectivity index (χ4n) is 1.76. The first-order chi connectivity index (χ1) is 7.45. The zero-order chi connectivity index (χ0) is 12.2. The molecular weight excluding hydrogens is 228 g/mol. The maximum atomic E-state index is 11.9. The first kappa shape index (κ1) is 13.9. The van der Waals surface area contributed by atoms with Gasteiger partial charge in [0.2, 0.25) is 0 Å². The zero-order valence-corrected chi connectivity index (χ0v) is 11.1. The summed E-state index contributed by atoms with van der Waals surface area (Å²) < 4.78 is 32.9. The summed E-state index contributed by atoms with van der Waals surface area (Å²) in [6.07, 6.45) is 1.96. The van der Waals surface area contributed by atoms with Gasteiger partial charge in [0.15, 0.2) is 0 Å². The Kier molecular flexibility index (Phi) is 5.17. The van der Waals surface area contributed by atoms with Gasteiger partial charge in [-0.25, -0.2) is 0 Å². The quantitative estimate of drug-likeness (QED) is 0.777. The summed E-state index contributed by atoms with van der Waals surface area (Å²) in [6, 6.07) is 0. The third-order valence-corrected chi connectivity index (χ3v) is 4.46. The molecular formula is C10H22N2O3S. The van der Waals surface area contributed by atoms with E-state index >= 15 is 0 Å². The molecule has 0 bridgehead atoms. The number of nitrogens with zero attached hydrogens (tertiary/aromatic N) is 1. The topological polar surface area (TPSA) is 58.6 Å². The average molecular weight is 250 g/mol. The lowest BCUT2D eigenvalue weighted by molar-refractivity contribution is 0.121. The highest BCUT2D eigenvalue weighted by atomic mass is 32.2. The van der Waals surface area contributed by atoms with Crippen LogP contribution in [0.2, 0.25) is 0 Å². The van der Waals surface area contributed by atoms with Crippen LogP contribution in [0, 0.1) is 5.92 Å². The molecule has 2 atom stereocenters. The van der Waals surface area contributed by atoms with E-state index in [-0.39, 0.29) is 6.10 Å². The maximum Gasteiger partial charge on any atom is 0.279 e. The minimum atomic E-state index is -3.32. The van der Waals surface area contributed by atoms with Gasteiger partial charge in [0.25, 0.3) is 10.2 Å². The van der Waals surface area contributed by atoms with Crippen molar-refractivity contribution in [2.75, 3.05) is 26.7 Å². The van der Waals surface area contributed by atoms with Crippen molar-refractivity contribution in [2.45, 2.75) is 32.8 Å².